The Balaban J connectivity index is 2.52. The predicted molar refractivity (Wildman–Crippen MR) is 65.0 cm³/mol. The van der Waals surface area contributed by atoms with Crippen molar-refractivity contribution in [2.24, 2.45) is 11.8 Å². The maximum Gasteiger partial charge on any atom is 0.0813 e. The molecule has 0 radical (unpaired) electrons. The van der Waals surface area contributed by atoms with Crippen LogP contribution in [-0.2, 0) is 9.47 Å². The second-order valence-electron chi connectivity index (χ2n) is 4.88. The Morgan fingerprint density at radius 3 is 2.56 bits per heavy atom. The third-order valence-electron chi connectivity index (χ3n) is 4.02. The zero-order valence-electron chi connectivity index (χ0n) is 10.8. The molecule has 0 saturated carbocycles. The first-order valence-electron chi connectivity index (χ1n) is 6.25. The first-order valence-corrected chi connectivity index (χ1v) is 6.25. The summed E-state index contributed by atoms with van der Waals surface area (Å²) in [4.78, 5) is 0. The molecule has 3 N–H and O–H groups in total. The van der Waals surface area contributed by atoms with E-state index in [1.54, 1.807) is 7.11 Å². The molecule has 1 rings (SSSR count). The van der Waals surface area contributed by atoms with Crippen molar-refractivity contribution in [3.8, 4) is 0 Å². The summed E-state index contributed by atoms with van der Waals surface area (Å²) in [5, 5.41) is 0. The van der Waals surface area contributed by atoms with E-state index >= 15 is 0 Å². The number of hydrazine groups is 1. The first-order chi connectivity index (χ1) is 7.66. The van der Waals surface area contributed by atoms with Gasteiger partial charge < -0.3 is 9.47 Å². The molecular formula is C12H26N2O2. The minimum atomic E-state index is -0.174. The van der Waals surface area contributed by atoms with Crippen molar-refractivity contribution in [2.45, 2.75) is 51.2 Å². The molecule has 0 aromatic heterocycles. The van der Waals surface area contributed by atoms with Crippen molar-refractivity contribution >= 4 is 0 Å². The van der Waals surface area contributed by atoms with Gasteiger partial charge in [-0.1, -0.05) is 6.92 Å². The topological polar surface area (TPSA) is 56.5 Å². The molecule has 0 spiro atoms. The van der Waals surface area contributed by atoms with Crippen LogP contribution in [0.2, 0.25) is 0 Å². The molecule has 0 aromatic rings. The average Bonchev–Trinajstić information content (AvgIpc) is 2.36. The molecule has 1 aliphatic heterocycles. The van der Waals surface area contributed by atoms with E-state index in [9.17, 15) is 0 Å². The largest absolute Gasteiger partial charge is 0.381 e. The molecule has 0 aliphatic carbocycles. The molecule has 0 bridgehead atoms. The van der Waals surface area contributed by atoms with E-state index < -0.39 is 0 Å². The summed E-state index contributed by atoms with van der Waals surface area (Å²) < 4.78 is 11.0. The number of methoxy groups -OCH3 is 1. The zero-order valence-corrected chi connectivity index (χ0v) is 10.8. The van der Waals surface area contributed by atoms with Crippen LogP contribution in [0.25, 0.3) is 0 Å². The Morgan fingerprint density at radius 2 is 2.12 bits per heavy atom. The van der Waals surface area contributed by atoms with E-state index in [4.69, 9.17) is 15.3 Å². The van der Waals surface area contributed by atoms with Crippen molar-refractivity contribution in [3.05, 3.63) is 0 Å². The molecule has 0 amide bonds. The highest BCUT2D eigenvalue weighted by Gasteiger charge is 2.33. The number of hydrogen-bond donors (Lipinski definition) is 2. The van der Waals surface area contributed by atoms with Gasteiger partial charge >= 0.3 is 0 Å². The van der Waals surface area contributed by atoms with Gasteiger partial charge in [-0.05, 0) is 38.5 Å². The molecule has 1 saturated heterocycles. The third kappa shape index (κ3) is 3.42. The summed E-state index contributed by atoms with van der Waals surface area (Å²) in [5.41, 5.74) is 2.75. The fraction of sp³-hybridized carbons (Fsp3) is 1.00. The highest BCUT2D eigenvalue weighted by molar-refractivity contribution is 4.89. The minimum absolute atomic E-state index is 0.174. The summed E-state index contributed by atoms with van der Waals surface area (Å²) in [7, 11) is 1.76. The fourth-order valence-electron chi connectivity index (χ4n) is 2.34. The van der Waals surface area contributed by atoms with Gasteiger partial charge in [0.15, 0.2) is 0 Å². The van der Waals surface area contributed by atoms with Gasteiger partial charge in [0, 0.05) is 20.3 Å². The van der Waals surface area contributed by atoms with Crippen molar-refractivity contribution in [1.82, 2.24) is 5.43 Å². The van der Waals surface area contributed by atoms with E-state index in [0.717, 1.165) is 38.9 Å². The molecule has 2 atom stereocenters. The van der Waals surface area contributed by atoms with Crippen LogP contribution in [-0.4, -0.2) is 32.0 Å². The molecular weight excluding hydrogens is 204 g/mol. The maximum absolute atomic E-state index is 5.67. The van der Waals surface area contributed by atoms with Crippen LogP contribution in [0.1, 0.15) is 39.5 Å². The Labute approximate surface area is 98.8 Å². The lowest BCUT2D eigenvalue weighted by atomic mass is 9.83. The lowest BCUT2D eigenvalue weighted by Crippen LogP contribution is -2.53. The SMILES string of the molecule is CCC(C)(OC)C(CC1CCOCC1)NN. The molecule has 1 aliphatic rings. The Morgan fingerprint density at radius 1 is 1.50 bits per heavy atom. The van der Waals surface area contributed by atoms with Gasteiger partial charge in [0.2, 0.25) is 0 Å². The van der Waals surface area contributed by atoms with E-state index in [1.807, 2.05) is 0 Å². The summed E-state index contributed by atoms with van der Waals surface area (Å²) in [6.07, 6.45) is 4.31. The van der Waals surface area contributed by atoms with Crippen LogP contribution in [0.15, 0.2) is 0 Å². The van der Waals surface area contributed by atoms with Crippen LogP contribution in [0.4, 0.5) is 0 Å². The van der Waals surface area contributed by atoms with Crippen LogP contribution >= 0.6 is 0 Å². The van der Waals surface area contributed by atoms with Gasteiger partial charge in [-0.25, -0.2) is 0 Å². The second-order valence-corrected chi connectivity index (χ2v) is 4.88. The van der Waals surface area contributed by atoms with Crippen LogP contribution in [0.3, 0.4) is 0 Å². The second kappa shape index (κ2) is 6.55. The molecule has 0 aromatic carbocycles. The molecule has 96 valence electrons. The highest BCUT2D eigenvalue weighted by Crippen LogP contribution is 2.28. The average molecular weight is 230 g/mol. The van der Waals surface area contributed by atoms with Gasteiger partial charge in [0.25, 0.3) is 0 Å². The zero-order chi connectivity index (χ0) is 12.0. The van der Waals surface area contributed by atoms with Crippen molar-refractivity contribution in [2.75, 3.05) is 20.3 Å². The predicted octanol–water partition coefficient (Wildman–Crippen LogP) is 1.45. The van der Waals surface area contributed by atoms with Crippen LogP contribution in [0, 0.1) is 5.92 Å². The molecule has 2 unspecified atom stereocenters. The van der Waals surface area contributed by atoms with E-state index in [2.05, 4.69) is 19.3 Å². The fourth-order valence-corrected chi connectivity index (χ4v) is 2.34. The monoisotopic (exact) mass is 230 g/mol. The normalized spacial score (nSPS) is 24.0. The lowest BCUT2D eigenvalue weighted by Gasteiger charge is -2.38. The first kappa shape index (κ1) is 13.9. The minimum Gasteiger partial charge on any atom is -0.381 e. The summed E-state index contributed by atoms with van der Waals surface area (Å²) in [6.45, 7) is 6.03. The Hall–Kier alpha value is -0.160. The van der Waals surface area contributed by atoms with Crippen LogP contribution in [0.5, 0.6) is 0 Å². The quantitative estimate of drug-likeness (QED) is 0.535. The summed E-state index contributed by atoms with van der Waals surface area (Å²) in [5.74, 6) is 6.37. The number of hydrogen-bond acceptors (Lipinski definition) is 4. The Kier molecular flexibility index (Phi) is 5.69. The number of nitrogens with two attached hydrogens (primary N) is 1. The van der Waals surface area contributed by atoms with Crippen molar-refractivity contribution in [3.63, 3.8) is 0 Å². The maximum atomic E-state index is 5.67. The van der Waals surface area contributed by atoms with Gasteiger partial charge in [-0.2, -0.15) is 0 Å². The molecule has 16 heavy (non-hydrogen) atoms. The molecule has 1 fully saturated rings. The van der Waals surface area contributed by atoms with E-state index in [1.165, 1.54) is 0 Å². The third-order valence-corrected chi connectivity index (χ3v) is 4.02. The molecule has 1 heterocycles. The van der Waals surface area contributed by atoms with Gasteiger partial charge in [-0.15, -0.1) is 0 Å². The van der Waals surface area contributed by atoms with Crippen molar-refractivity contribution in [1.29, 1.82) is 0 Å². The summed E-state index contributed by atoms with van der Waals surface area (Å²) >= 11 is 0. The number of nitrogens with one attached hydrogen (secondary N) is 1. The highest BCUT2D eigenvalue weighted by atomic mass is 16.5. The number of ether oxygens (including phenoxy) is 2. The molecule has 4 heteroatoms. The van der Waals surface area contributed by atoms with E-state index in [0.29, 0.717) is 5.92 Å². The summed E-state index contributed by atoms with van der Waals surface area (Å²) in [6, 6.07) is 0.214. The standard InChI is InChI=1S/C12H26N2O2/c1-4-12(2,15-3)11(14-13)9-10-5-7-16-8-6-10/h10-11,14H,4-9,13H2,1-3H3. The van der Waals surface area contributed by atoms with Gasteiger partial charge in [-0.3, -0.25) is 11.3 Å². The van der Waals surface area contributed by atoms with E-state index in [-0.39, 0.29) is 11.6 Å². The van der Waals surface area contributed by atoms with Crippen LogP contribution < -0.4 is 11.3 Å². The van der Waals surface area contributed by atoms with Crippen molar-refractivity contribution < 1.29 is 9.47 Å². The number of rotatable bonds is 6. The molecule has 4 nitrogen and oxygen atoms in total. The Bertz CT molecular complexity index is 189. The lowest BCUT2D eigenvalue weighted by molar-refractivity contribution is -0.0408. The van der Waals surface area contributed by atoms with Gasteiger partial charge in [0.05, 0.1) is 11.6 Å². The smallest absolute Gasteiger partial charge is 0.0813 e. The van der Waals surface area contributed by atoms with Gasteiger partial charge in [0.1, 0.15) is 0 Å².